The summed E-state index contributed by atoms with van der Waals surface area (Å²) in [4.78, 5) is 23.8. The third-order valence-corrected chi connectivity index (χ3v) is 7.32. The van der Waals surface area contributed by atoms with Crippen molar-refractivity contribution in [3.63, 3.8) is 0 Å². The van der Waals surface area contributed by atoms with Gasteiger partial charge < -0.3 is 20.9 Å². The molecule has 3 aromatic carbocycles. The fourth-order valence-electron chi connectivity index (χ4n) is 3.31. The number of ether oxygens (including phenoxy) is 1. The molecule has 0 bridgehead atoms. The highest BCUT2D eigenvalue weighted by Crippen LogP contribution is 2.31. The Balaban J connectivity index is 1.93. The number of nitrogens with one attached hydrogen (secondary N) is 1. The molecule has 0 radical (unpaired) electrons. The Hall–Kier alpha value is -3.60. The van der Waals surface area contributed by atoms with Gasteiger partial charge in [-0.15, -0.1) is 0 Å². The van der Waals surface area contributed by atoms with Crippen LogP contribution in [0.15, 0.2) is 71.6 Å². The summed E-state index contributed by atoms with van der Waals surface area (Å²) in [6.45, 7) is -0.442. The Labute approximate surface area is 208 Å². The Kier molecular flexibility index (Phi) is 8.34. The van der Waals surface area contributed by atoms with Gasteiger partial charge in [0.05, 0.1) is 23.3 Å². The number of amides is 1. The van der Waals surface area contributed by atoms with E-state index in [9.17, 15) is 18.0 Å². The van der Waals surface area contributed by atoms with Crippen molar-refractivity contribution in [1.29, 1.82) is 0 Å². The van der Waals surface area contributed by atoms with E-state index < -0.39 is 28.4 Å². The number of aromatic carboxylic acids is 1. The minimum Gasteiger partial charge on any atom is -0.497 e. The number of rotatable bonds is 10. The Morgan fingerprint density at radius 1 is 1.06 bits per heavy atom. The van der Waals surface area contributed by atoms with Crippen molar-refractivity contribution in [3.8, 4) is 5.75 Å². The van der Waals surface area contributed by atoms with Gasteiger partial charge >= 0.3 is 5.97 Å². The van der Waals surface area contributed by atoms with Crippen LogP contribution in [0.5, 0.6) is 5.75 Å². The van der Waals surface area contributed by atoms with Crippen molar-refractivity contribution in [3.05, 3.63) is 88.4 Å². The Morgan fingerprint density at radius 2 is 1.71 bits per heavy atom. The first kappa shape index (κ1) is 26.0. The van der Waals surface area contributed by atoms with Gasteiger partial charge in [-0.2, -0.15) is 0 Å². The molecule has 11 heteroatoms. The summed E-state index contributed by atoms with van der Waals surface area (Å²) >= 11 is 6.25. The summed E-state index contributed by atoms with van der Waals surface area (Å²) in [5.41, 5.74) is 7.06. The number of carbonyl (C=O) groups excluding carboxylic acids is 1. The topological polar surface area (TPSA) is 139 Å². The lowest BCUT2D eigenvalue weighted by atomic mass is 10.1. The zero-order chi connectivity index (χ0) is 25.6. The van der Waals surface area contributed by atoms with Crippen LogP contribution in [0.4, 0.5) is 5.69 Å². The normalized spacial score (nSPS) is 11.1. The standard InChI is InChI=1S/C24H24ClN3O6S/c1-34-18-9-5-16(6-10-18)14-27-23(29)15-28(22-4-2-3-21(25)20(22)13-26)35(32,33)19-11-7-17(8-12-19)24(30)31/h2-12H,13-15,26H2,1H3,(H,27,29)(H,30,31). The van der Waals surface area contributed by atoms with E-state index in [1.165, 1.54) is 30.3 Å². The molecule has 0 fully saturated rings. The number of carboxylic acids is 1. The van der Waals surface area contributed by atoms with E-state index in [0.29, 0.717) is 11.3 Å². The van der Waals surface area contributed by atoms with E-state index in [0.717, 1.165) is 9.87 Å². The predicted molar refractivity (Wildman–Crippen MR) is 132 cm³/mol. The second-order valence-electron chi connectivity index (χ2n) is 7.41. The molecule has 0 saturated carbocycles. The quantitative estimate of drug-likeness (QED) is 0.375. The number of hydrogen-bond acceptors (Lipinski definition) is 6. The number of methoxy groups -OCH3 is 1. The van der Waals surface area contributed by atoms with Gasteiger partial charge in [0.2, 0.25) is 5.91 Å². The summed E-state index contributed by atoms with van der Waals surface area (Å²) in [6, 6.07) is 16.4. The molecule has 0 aromatic heterocycles. The van der Waals surface area contributed by atoms with Gasteiger partial charge in [-0.25, -0.2) is 13.2 Å². The van der Waals surface area contributed by atoms with E-state index in [-0.39, 0.29) is 34.3 Å². The van der Waals surface area contributed by atoms with Crippen molar-refractivity contribution in [2.45, 2.75) is 18.0 Å². The number of carbonyl (C=O) groups is 2. The molecular formula is C24H24ClN3O6S. The van der Waals surface area contributed by atoms with Crippen LogP contribution in [-0.4, -0.2) is 39.1 Å². The monoisotopic (exact) mass is 517 g/mol. The molecule has 184 valence electrons. The number of nitrogens with zero attached hydrogens (tertiary/aromatic N) is 1. The van der Waals surface area contributed by atoms with Gasteiger partial charge in [0, 0.05) is 23.7 Å². The smallest absolute Gasteiger partial charge is 0.335 e. The summed E-state index contributed by atoms with van der Waals surface area (Å²) in [5.74, 6) is -1.08. The number of carboxylic acid groups (broad SMARTS) is 1. The van der Waals surface area contributed by atoms with Crippen LogP contribution in [0, 0.1) is 0 Å². The fourth-order valence-corrected chi connectivity index (χ4v) is 5.01. The van der Waals surface area contributed by atoms with Crippen LogP contribution < -0.4 is 20.1 Å². The van der Waals surface area contributed by atoms with Crippen molar-refractivity contribution in [1.82, 2.24) is 5.32 Å². The van der Waals surface area contributed by atoms with Crippen LogP contribution in [0.1, 0.15) is 21.5 Å². The second-order valence-corrected chi connectivity index (χ2v) is 9.68. The van der Waals surface area contributed by atoms with Crippen molar-refractivity contribution < 1.29 is 27.9 Å². The third kappa shape index (κ3) is 6.10. The van der Waals surface area contributed by atoms with Crippen LogP contribution >= 0.6 is 11.6 Å². The maximum atomic E-state index is 13.6. The number of benzene rings is 3. The van der Waals surface area contributed by atoms with Gasteiger partial charge in [-0.3, -0.25) is 9.10 Å². The predicted octanol–water partition coefficient (Wildman–Crippen LogP) is 3.02. The van der Waals surface area contributed by atoms with Crippen molar-refractivity contribution >= 4 is 39.2 Å². The van der Waals surface area contributed by atoms with Crippen LogP contribution in [0.3, 0.4) is 0 Å². The van der Waals surface area contributed by atoms with Gasteiger partial charge in [0.15, 0.2) is 0 Å². The molecule has 3 rings (SSSR count). The third-order valence-electron chi connectivity index (χ3n) is 5.19. The average molecular weight is 518 g/mol. The highest BCUT2D eigenvalue weighted by Gasteiger charge is 2.29. The highest BCUT2D eigenvalue weighted by molar-refractivity contribution is 7.92. The molecule has 0 aliphatic heterocycles. The number of sulfonamides is 1. The fraction of sp³-hybridized carbons (Fsp3) is 0.167. The molecule has 0 spiro atoms. The Morgan fingerprint density at radius 3 is 2.29 bits per heavy atom. The summed E-state index contributed by atoms with van der Waals surface area (Å²) in [6.07, 6.45) is 0. The largest absolute Gasteiger partial charge is 0.497 e. The lowest BCUT2D eigenvalue weighted by Crippen LogP contribution is -2.41. The maximum Gasteiger partial charge on any atom is 0.335 e. The molecule has 0 aliphatic carbocycles. The van der Waals surface area contributed by atoms with Crippen molar-refractivity contribution in [2.24, 2.45) is 5.73 Å². The highest BCUT2D eigenvalue weighted by atomic mass is 35.5. The lowest BCUT2D eigenvalue weighted by molar-refractivity contribution is -0.119. The van der Waals surface area contributed by atoms with Crippen LogP contribution in [0.2, 0.25) is 5.02 Å². The minimum atomic E-state index is -4.28. The van der Waals surface area contributed by atoms with Gasteiger partial charge in [0.1, 0.15) is 12.3 Å². The van der Waals surface area contributed by atoms with E-state index in [2.05, 4.69) is 5.32 Å². The van der Waals surface area contributed by atoms with E-state index >= 15 is 0 Å². The van der Waals surface area contributed by atoms with Crippen LogP contribution in [0.25, 0.3) is 0 Å². The SMILES string of the molecule is COc1ccc(CNC(=O)CN(c2cccc(Cl)c2CN)S(=O)(=O)c2ccc(C(=O)O)cc2)cc1. The van der Waals surface area contributed by atoms with Crippen molar-refractivity contribution in [2.75, 3.05) is 18.0 Å². The molecule has 35 heavy (non-hydrogen) atoms. The van der Waals surface area contributed by atoms with Crippen LogP contribution in [-0.2, 0) is 27.9 Å². The van der Waals surface area contributed by atoms with E-state index in [1.807, 2.05) is 0 Å². The molecule has 3 aromatic rings. The average Bonchev–Trinajstić information content (AvgIpc) is 2.86. The first-order valence-corrected chi connectivity index (χ1v) is 12.2. The molecule has 0 atom stereocenters. The summed E-state index contributed by atoms with van der Waals surface area (Å²) in [7, 11) is -2.74. The zero-order valence-corrected chi connectivity index (χ0v) is 20.3. The number of hydrogen-bond donors (Lipinski definition) is 3. The molecule has 1 amide bonds. The van der Waals surface area contributed by atoms with E-state index in [4.69, 9.17) is 27.2 Å². The number of anilines is 1. The summed E-state index contributed by atoms with van der Waals surface area (Å²) < 4.78 is 33.2. The molecule has 4 N–H and O–H groups in total. The van der Waals surface area contributed by atoms with Gasteiger partial charge in [-0.05, 0) is 54.1 Å². The molecule has 0 saturated heterocycles. The zero-order valence-electron chi connectivity index (χ0n) is 18.8. The van der Waals surface area contributed by atoms with Gasteiger partial charge in [-0.1, -0.05) is 29.8 Å². The van der Waals surface area contributed by atoms with Gasteiger partial charge in [0.25, 0.3) is 10.0 Å². The molecular weight excluding hydrogens is 494 g/mol. The molecule has 0 unspecified atom stereocenters. The second kappa shape index (κ2) is 11.2. The first-order valence-electron chi connectivity index (χ1n) is 10.4. The molecule has 0 aliphatic rings. The molecule has 0 heterocycles. The minimum absolute atomic E-state index is 0.0630. The summed E-state index contributed by atoms with van der Waals surface area (Å²) in [5, 5.41) is 12.1. The van der Waals surface area contributed by atoms with E-state index in [1.54, 1.807) is 43.5 Å². The first-order chi connectivity index (χ1) is 16.7. The lowest BCUT2D eigenvalue weighted by Gasteiger charge is -2.26. The Bertz CT molecular complexity index is 1310. The number of nitrogens with two attached hydrogens (primary N) is 1. The molecule has 9 nitrogen and oxygen atoms in total. The maximum absolute atomic E-state index is 13.6. The number of halogens is 1.